The lowest BCUT2D eigenvalue weighted by Gasteiger charge is -2.29. The van der Waals surface area contributed by atoms with Crippen molar-refractivity contribution in [2.75, 3.05) is 4.90 Å². The van der Waals surface area contributed by atoms with Crippen LogP contribution in [0.15, 0.2) is 182 Å². The predicted octanol–water partition coefficient (Wildman–Crippen LogP) is 12.8. The number of hydrogen-bond donors (Lipinski definition) is 0. The van der Waals surface area contributed by atoms with Gasteiger partial charge >= 0.3 is 0 Å². The molecule has 7 rings (SSSR count). The molecule has 0 heterocycles. The van der Waals surface area contributed by atoms with Gasteiger partial charge in [-0.15, -0.1) is 0 Å². The lowest BCUT2D eigenvalue weighted by atomic mass is 9.77. The quantitative estimate of drug-likeness (QED) is 0.182. The molecule has 1 aliphatic rings. The van der Waals surface area contributed by atoms with Gasteiger partial charge in [-0.1, -0.05) is 160 Å². The molecule has 0 spiro atoms. The van der Waals surface area contributed by atoms with Gasteiger partial charge in [-0.05, 0) is 98.7 Å². The van der Waals surface area contributed by atoms with Crippen molar-refractivity contribution in [1.29, 1.82) is 0 Å². The first-order valence-corrected chi connectivity index (χ1v) is 16.7. The molecule has 1 unspecified atom stereocenters. The Morgan fingerprint density at radius 3 is 1.57 bits per heavy atom. The van der Waals surface area contributed by atoms with Crippen molar-refractivity contribution >= 4 is 11.4 Å². The van der Waals surface area contributed by atoms with Crippen LogP contribution in [0.5, 0.6) is 0 Å². The summed E-state index contributed by atoms with van der Waals surface area (Å²) in [7, 11) is 0. The van der Waals surface area contributed by atoms with E-state index in [2.05, 4.69) is 202 Å². The van der Waals surface area contributed by atoms with E-state index in [0.29, 0.717) is 5.92 Å². The highest BCUT2D eigenvalue weighted by atomic mass is 15.1. The molecule has 0 fully saturated rings. The molecule has 1 heteroatoms. The normalized spacial score (nSPS) is 17.3. The van der Waals surface area contributed by atoms with Crippen molar-refractivity contribution in [3.05, 3.63) is 193 Å². The maximum atomic E-state index is 2.42. The smallest absolute Gasteiger partial charge is 0.0461 e. The second kappa shape index (κ2) is 13.1. The van der Waals surface area contributed by atoms with E-state index in [9.17, 15) is 0 Å². The first kappa shape index (κ1) is 30.3. The molecule has 47 heavy (non-hydrogen) atoms. The fraction of sp³-hybridized carbons (Fsp3) is 0.130. The van der Waals surface area contributed by atoms with E-state index in [1.165, 1.54) is 50.2 Å². The van der Waals surface area contributed by atoms with E-state index >= 15 is 0 Å². The first-order valence-electron chi connectivity index (χ1n) is 16.7. The van der Waals surface area contributed by atoms with Gasteiger partial charge in [-0.3, -0.25) is 0 Å². The molecule has 0 amide bonds. The average Bonchev–Trinajstić information content (AvgIpc) is 3.18. The monoisotopic (exact) mass is 607 g/mol. The third-order valence-electron chi connectivity index (χ3n) is 9.48. The minimum absolute atomic E-state index is 0.00140. The van der Waals surface area contributed by atoms with Crippen LogP contribution in [0.25, 0.3) is 33.4 Å². The minimum Gasteiger partial charge on any atom is -0.311 e. The van der Waals surface area contributed by atoms with Crippen molar-refractivity contribution in [2.24, 2.45) is 0 Å². The molecule has 1 aliphatic carbocycles. The average molecular weight is 608 g/mol. The molecule has 0 saturated heterocycles. The highest BCUT2D eigenvalue weighted by Gasteiger charge is 2.26. The molecule has 0 N–H and O–H groups in total. The zero-order valence-electron chi connectivity index (χ0n) is 27.5. The zero-order valence-corrected chi connectivity index (χ0v) is 27.5. The van der Waals surface area contributed by atoms with Crippen LogP contribution >= 0.6 is 0 Å². The molecule has 1 nitrogen and oxygen atoms in total. The Kier molecular flexibility index (Phi) is 8.46. The van der Waals surface area contributed by atoms with Crippen LogP contribution in [-0.2, 0) is 5.41 Å². The Hall–Kier alpha value is -5.40. The summed E-state index contributed by atoms with van der Waals surface area (Å²) in [5.41, 5.74) is 13.6. The molecule has 0 saturated carbocycles. The van der Waals surface area contributed by atoms with Crippen molar-refractivity contribution < 1.29 is 0 Å². The topological polar surface area (TPSA) is 3.24 Å². The number of rotatable bonds is 6. The summed E-state index contributed by atoms with van der Waals surface area (Å²) in [6.45, 7) is 7.05. The summed E-state index contributed by atoms with van der Waals surface area (Å²) in [6.07, 6.45) is 8.04. The Bertz CT molecular complexity index is 2010. The molecule has 230 valence electrons. The summed E-state index contributed by atoms with van der Waals surface area (Å²) < 4.78 is 0. The second-order valence-electron chi connectivity index (χ2n) is 13.2. The van der Waals surface area contributed by atoms with E-state index in [-0.39, 0.29) is 5.41 Å². The van der Waals surface area contributed by atoms with E-state index in [1.54, 1.807) is 0 Å². The van der Waals surface area contributed by atoms with Crippen molar-refractivity contribution in [3.63, 3.8) is 0 Å². The Morgan fingerprint density at radius 2 is 0.979 bits per heavy atom. The van der Waals surface area contributed by atoms with Gasteiger partial charge in [0.25, 0.3) is 0 Å². The third-order valence-corrected chi connectivity index (χ3v) is 9.48. The molecule has 6 aromatic rings. The number of anilines is 2. The molecule has 0 aromatic heterocycles. The predicted molar refractivity (Wildman–Crippen MR) is 201 cm³/mol. The summed E-state index contributed by atoms with van der Waals surface area (Å²) in [6, 6.07) is 57.0. The maximum Gasteiger partial charge on any atom is 0.0461 e. The second-order valence-corrected chi connectivity index (χ2v) is 13.2. The van der Waals surface area contributed by atoms with Gasteiger partial charge in [0.2, 0.25) is 0 Å². The van der Waals surface area contributed by atoms with Crippen LogP contribution in [0.4, 0.5) is 11.4 Å². The van der Waals surface area contributed by atoms with Crippen LogP contribution in [0.1, 0.15) is 44.2 Å². The lowest BCUT2D eigenvalue weighted by Crippen LogP contribution is -2.20. The maximum absolute atomic E-state index is 2.42. The number of benzene rings is 6. The molecule has 6 aromatic carbocycles. The van der Waals surface area contributed by atoms with Crippen LogP contribution in [0.3, 0.4) is 0 Å². The van der Waals surface area contributed by atoms with E-state index in [0.717, 1.165) is 17.8 Å². The van der Waals surface area contributed by atoms with E-state index in [4.69, 9.17) is 0 Å². The lowest BCUT2D eigenvalue weighted by molar-refractivity contribution is 0.526. The SMILES string of the molecule is CC1/C=C\C(N(c2ccc(-c3ccccc3)cc2)c2ccc(-c3cccc(-c4ccccc4)c3)cc2)=C/CC(C)(C)c2ccccc21. The molecule has 0 bridgehead atoms. The standard InChI is InChI=1S/C46H41N/c1-34-21-26-43(31-32-46(2,3)45-20-11-10-19-44(34)45)47(41-27-22-37(23-28-41)35-13-6-4-7-14-35)42-29-24-38(25-30-42)40-18-12-17-39(33-40)36-15-8-5-9-16-36/h4-31,33-34H,32H2,1-3H3/b26-21-,43-31+. The summed E-state index contributed by atoms with van der Waals surface area (Å²) in [4.78, 5) is 2.41. The van der Waals surface area contributed by atoms with Crippen molar-refractivity contribution in [1.82, 2.24) is 0 Å². The van der Waals surface area contributed by atoms with Crippen LogP contribution in [0.2, 0.25) is 0 Å². The van der Waals surface area contributed by atoms with Crippen LogP contribution in [0, 0.1) is 0 Å². The van der Waals surface area contributed by atoms with Gasteiger partial charge in [0.1, 0.15) is 0 Å². The molecular formula is C46H41N. The number of fused-ring (bicyclic) bond motifs is 1. The number of allylic oxidation sites excluding steroid dienone is 3. The summed E-state index contributed by atoms with van der Waals surface area (Å²) in [5.74, 6) is 0.300. The van der Waals surface area contributed by atoms with Gasteiger partial charge in [-0.2, -0.15) is 0 Å². The molecular weight excluding hydrogens is 567 g/mol. The number of hydrogen-bond acceptors (Lipinski definition) is 1. The van der Waals surface area contributed by atoms with Gasteiger partial charge in [-0.25, -0.2) is 0 Å². The Labute approximate surface area is 280 Å². The number of nitrogens with zero attached hydrogens (tertiary/aromatic N) is 1. The summed E-state index contributed by atoms with van der Waals surface area (Å²) in [5, 5.41) is 0. The highest BCUT2D eigenvalue weighted by Crippen LogP contribution is 2.39. The fourth-order valence-electron chi connectivity index (χ4n) is 6.75. The molecule has 0 radical (unpaired) electrons. The van der Waals surface area contributed by atoms with E-state index in [1.807, 2.05) is 0 Å². The first-order chi connectivity index (χ1) is 23.0. The van der Waals surface area contributed by atoms with Crippen LogP contribution < -0.4 is 4.90 Å². The van der Waals surface area contributed by atoms with Gasteiger partial charge < -0.3 is 4.90 Å². The van der Waals surface area contributed by atoms with Crippen molar-refractivity contribution in [2.45, 2.75) is 38.5 Å². The zero-order chi connectivity index (χ0) is 32.2. The fourth-order valence-corrected chi connectivity index (χ4v) is 6.75. The van der Waals surface area contributed by atoms with E-state index < -0.39 is 0 Å². The third kappa shape index (κ3) is 6.48. The highest BCUT2D eigenvalue weighted by molar-refractivity contribution is 5.77. The van der Waals surface area contributed by atoms with Crippen LogP contribution in [-0.4, -0.2) is 0 Å². The van der Waals surface area contributed by atoms with Gasteiger partial charge in [0, 0.05) is 17.1 Å². The van der Waals surface area contributed by atoms with Crippen molar-refractivity contribution in [3.8, 4) is 33.4 Å². The Morgan fingerprint density at radius 1 is 0.511 bits per heavy atom. The van der Waals surface area contributed by atoms with Gasteiger partial charge in [0.15, 0.2) is 0 Å². The largest absolute Gasteiger partial charge is 0.311 e. The minimum atomic E-state index is -0.00140. The Balaban J connectivity index is 1.29. The molecule has 1 atom stereocenters. The van der Waals surface area contributed by atoms with Gasteiger partial charge in [0.05, 0.1) is 0 Å². The summed E-state index contributed by atoms with van der Waals surface area (Å²) >= 11 is 0. The molecule has 0 aliphatic heterocycles.